The Morgan fingerprint density at radius 1 is 1.08 bits per heavy atom. The molecule has 5 nitrogen and oxygen atoms in total. The number of para-hydroxylation sites is 1. The maximum Gasteiger partial charge on any atom is 0.319 e. The molecule has 1 aliphatic heterocycles. The zero-order valence-corrected chi connectivity index (χ0v) is 14.2. The second-order valence-electron chi connectivity index (χ2n) is 6.20. The third-order valence-corrected chi connectivity index (χ3v) is 4.00. The second kappa shape index (κ2) is 7.42. The summed E-state index contributed by atoms with van der Waals surface area (Å²) in [6.07, 6.45) is 0. The lowest BCUT2D eigenvalue weighted by Crippen LogP contribution is -2.35. The van der Waals surface area contributed by atoms with Crippen molar-refractivity contribution in [3.8, 4) is 11.5 Å². The molecule has 1 atom stereocenters. The Morgan fingerprint density at radius 2 is 1.80 bits per heavy atom. The van der Waals surface area contributed by atoms with Crippen LogP contribution in [-0.4, -0.2) is 19.2 Å². The van der Waals surface area contributed by atoms with E-state index in [2.05, 4.69) is 10.6 Å². The number of carbonyl (C=O) groups excluding carboxylic acids is 1. The zero-order chi connectivity index (χ0) is 17.8. The highest BCUT2D eigenvalue weighted by Gasteiger charge is 2.21. The molecule has 0 spiro atoms. The number of ether oxygens (including phenoxy) is 2. The molecule has 0 bridgehead atoms. The van der Waals surface area contributed by atoms with Gasteiger partial charge in [-0.2, -0.15) is 0 Å². The van der Waals surface area contributed by atoms with E-state index in [0.717, 1.165) is 5.56 Å². The minimum Gasteiger partial charge on any atom is -0.486 e. The quantitative estimate of drug-likeness (QED) is 0.877. The van der Waals surface area contributed by atoms with Crippen LogP contribution in [0, 0.1) is 11.7 Å². The lowest BCUT2D eigenvalue weighted by Gasteiger charge is -2.25. The molecule has 0 aliphatic carbocycles. The Morgan fingerprint density at radius 3 is 2.52 bits per heavy atom. The van der Waals surface area contributed by atoms with Crippen molar-refractivity contribution >= 4 is 11.7 Å². The van der Waals surface area contributed by atoms with Crippen LogP contribution in [0.25, 0.3) is 0 Å². The van der Waals surface area contributed by atoms with Gasteiger partial charge in [0.15, 0.2) is 11.5 Å². The molecule has 0 aromatic heterocycles. The summed E-state index contributed by atoms with van der Waals surface area (Å²) in [5.41, 5.74) is 1.05. The topological polar surface area (TPSA) is 59.6 Å². The van der Waals surface area contributed by atoms with Crippen LogP contribution in [-0.2, 0) is 0 Å². The Labute approximate surface area is 146 Å². The van der Waals surface area contributed by atoms with Gasteiger partial charge in [0.05, 0.1) is 11.7 Å². The smallest absolute Gasteiger partial charge is 0.319 e. The normalized spacial score (nSPS) is 14.1. The van der Waals surface area contributed by atoms with Gasteiger partial charge in [-0.15, -0.1) is 0 Å². The Hall–Kier alpha value is -2.76. The SMILES string of the molecule is CC(C)[C@@H](NC(=O)Nc1ccccc1F)c1ccc2c(c1)OCCO2. The lowest BCUT2D eigenvalue weighted by atomic mass is 9.95. The van der Waals surface area contributed by atoms with Gasteiger partial charge in [0.1, 0.15) is 19.0 Å². The van der Waals surface area contributed by atoms with Crippen molar-refractivity contribution < 1.29 is 18.7 Å². The minimum absolute atomic E-state index is 0.133. The van der Waals surface area contributed by atoms with Crippen LogP contribution in [0.2, 0.25) is 0 Å². The van der Waals surface area contributed by atoms with Crippen LogP contribution in [0.4, 0.5) is 14.9 Å². The maximum atomic E-state index is 13.7. The first-order valence-electron chi connectivity index (χ1n) is 8.26. The van der Waals surface area contributed by atoms with Gasteiger partial charge < -0.3 is 20.1 Å². The molecule has 1 aliphatic rings. The average Bonchev–Trinajstić information content (AvgIpc) is 2.61. The molecule has 25 heavy (non-hydrogen) atoms. The Kier molecular flexibility index (Phi) is 5.07. The fourth-order valence-corrected chi connectivity index (χ4v) is 2.75. The zero-order valence-electron chi connectivity index (χ0n) is 14.2. The van der Waals surface area contributed by atoms with Gasteiger partial charge in [-0.3, -0.25) is 0 Å². The number of benzene rings is 2. The van der Waals surface area contributed by atoms with Gasteiger partial charge in [0.25, 0.3) is 0 Å². The van der Waals surface area contributed by atoms with E-state index in [1.54, 1.807) is 12.1 Å². The van der Waals surface area contributed by atoms with Crippen LogP contribution in [0.5, 0.6) is 11.5 Å². The summed E-state index contributed by atoms with van der Waals surface area (Å²) in [6.45, 7) is 5.04. The third-order valence-electron chi connectivity index (χ3n) is 4.00. The largest absolute Gasteiger partial charge is 0.486 e. The molecular formula is C19H21FN2O3. The summed E-state index contributed by atoms with van der Waals surface area (Å²) < 4.78 is 24.8. The average molecular weight is 344 g/mol. The van der Waals surface area contributed by atoms with Gasteiger partial charge in [-0.1, -0.05) is 32.0 Å². The van der Waals surface area contributed by atoms with Gasteiger partial charge in [-0.25, -0.2) is 9.18 Å². The molecule has 3 rings (SSSR count). The van der Waals surface area contributed by atoms with Gasteiger partial charge in [0.2, 0.25) is 0 Å². The van der Waals surface area contributed by atoms with Crippen LogP contribution < -0.4 is 20.1 Å². The third kappa shape index (κ3) is 4.02. The fourth-order valence-electron chi connectivity index (χ4n) is 2.75. The molecule has 2 N–H and O–H groups in total. The number of hydrogen-bond acceptors (Lipinski definition) is 3. The number of fused-ring (bicyclic) bond motifs is 1. The number of carbonyl (C=O) groups is 1. The van der Waals surface area contributed by atoms with Crippen molar-refractivity contribution in [3.63, 3.8) is 0 Å². The number of rotatable bonds is 4. The molecule has 2 aromatic carbocycles. The standard InChI is InChI=1S/C19H21FN2O3/c1-12(2)18(13-7-8-16-17(11-13)25-10-9-24-16)22-19(23)21-15-6-4-3-5-14(15)20/h3-8,11-12,18H,9-10H2,1-2H3,(H2,21,22,23)/t18-/m1/s1. The second-order valence-corrected chi connectivity index (χ2v) is 6.20. The summed E-state index contributed by atoms with van der Waals surface area (Å²) in [5.74, 6) is 1.03. The van der Waals surface area contributed by atoms with E-state index < -0.39 is 11.8 Å². The predicted molar refractivity (Wildman–Crippen MR) is 93.6 cm³/mol. The van der Waals surface area contributed by atoms with Gasteiger partial charge in [0, 0.05) is 0 Å². The molecule has 0 unspecified atom stereocenters. The van der Waals surface area contributed by atoms with E-state index in [4.69, 9.17) is 9.47 Å². The summed E-state index contributed by atoms with van der Waals surface area (Å²) in [7, 11) is 0. The van der Waals surface area contributed by atoms with Crippen LogP contribution in [0.3, 0.4) is 0 Å². The predicted octanol–water partition coefficient (Wildman–Crippen LogP) is 4.12. The molecular weight excluding hydrogens is 323 g/mol. The molecule has 132 valence electrons. The van der Waals surface area contributed by atoms with E-state index in [-0.39, 0.29) is 17.6 Å². The van der Waals surface area contributed by atoms with Crippen molar-refractivity contribution in [2.24, 2.45) is 5.92 Å². The first-order valence-corrected chi connectivity index (χ1v) is 8.26. The van der Waals surface area contributed by atoms with Crippen LogP contribution >= 0.6 is 0 Å². The van der Waals surface area contributed by atoms with Gasteiger partial charge >= 0.3 is 6.03 Å². The first kappa shape index (κ1) is 17.1. The minimum atomic E-state index is -0.474. The van der Waals surface area contributed by atoms with Gasteiger partial charge in [-0.05, 0) is 35.7 Å². The monoisotopic (exact) mass is 344 g/mol. The van der Waals surface area contributed by atoms with E-state index in [0.29, 0.717) is 24.7 Å². The molecule has 0 fully saturated rings. The highest BCUT2D eigenvalue weighted by Crippen LogP contribution is 2.34. The molecule has 2 aromatic rings. The summed E-state index contributed by atoms with van der Waals surface area (Å²) >= 11 is 0. The first-order chi connectivity index (χ1) is 12.0. The molecule has 0 radical (unpaired) electrons. The molecule has 2 amide bonds. The number of urea groups is 1. The number of nitrogens with one attached hydrogen (secondary N) is 2. The Balaban J connectivity index is 1.75. The number of halogens is 1. The lowest BCUT2D eigenvalue weighted by molar-refractivity contribution is 0.171. The van der Waals surface area contributed by atoms with E-state index in [9.17, 15) is 9.18 Å². The summed E-state index contributed by atoms with van der Waals surface area (Å²) in [5, 5.41) is 5.45. The Bertz CT molecular complexity index is 764. The van der Waals surface area contributed by atoms with Crippen molar-refractivity contribution in [2.75, 3.05) is 18.5 Å². The van der Waals surface area contributed by atoms with E-state index >= 15 is 0 Å². The highest BCUT2D eigenvalue weighted by atomic mass is 19.1. The van der Waals surface area contributed by atoms with Crippen molar-refractivity contribution in [1.29, 1.82) is 0 Å². The molecule has 0 saturated heterocycles. The van der Waals surface area contributed by atoms with E-state index in [1.807, 2.05) is 32.0 Å². The summed E-state index contributed by atoms with van der Waals surface area (Å²) in [6, 6.07) is 11.0. The van der Waals surface area contributed by atoms with E-state index in [1.165, 1.54) is 12.1 Å². The van der Waals surface area contributed by atoms with Crippen LogP contribution in [0.15, 0.2) is 42.5 Å². The van der Waals surface area contributed by atoms with Crippen molar-refractivity contribution in [1.82, 2.24) is 5.32 Å². The molecule has 6 heteroatoms. The summed E-state index contributed by atoms with van der Waals surface area (Å²) in [4.78, 5) is 12.3. The number of amides is 2. The number of anilines is 1. The fraction of sp³-hybridized carbons (Fsp3) is 0.316. The van der Waals surface area contributed by atoms with Crippen LogP contribution in [0.1, 0.15) is 25.5 Å². The maximum absolute atomic E-state index is 13.7. The van der Waals surface area contributed by atoms with Crippen molar-refractivity contribution in [2.45, 2.75) is 19.9 Å². The molecule has 0 saturated carbocycles. The highest BCUT2D eigenvalue weighted by molar-refractivity contribution is 5.89. The number of hydrogen-bond donors (Lipinski definition) is 2. The molecule has 1 heterocycles. The van der Waals surface area contributed by atoms with Crippen molar-refractivity contribution in [3.05, 3.63) is 53.8 Å².